The number of para-hydroxylation sites is 1. The Bertz CT molecular complexity index is 524. The van der Waals surface area contributed by atoms with Crippen molar-refractivity contribution in [2.45, 2.75) is 25.7 Å². The van der Waals surface area contributed by atoms with Crippen molar-refractivity contribution in [1.82, 2.24) is 9.80 Å². The van der Waals surface area contributed by atoms with Crippen molar-refractivity contribution >= 4 is 17.5 Å². The van der Waals surface area contributed by atoms with E-state index >= 15 is 0 Å². The Morgan fingerprint density at radius 2 is 1.83 bits per heavy atom. The summed E-state index contributed by atoms with van der Waals surface area (Å²) >= 11 is 6.08. The molecule has 0 spiro atoms. The summed E-state index contributed by atoms with van der Waals surface area (Å²) in [7, 11) is 0. The van der Waals surface area contributed by atoms with Gasteiger partial charge in [0.05, 0.1) is 5.02 Å². The molecule has 126 valence electrons. The highest BCUT2D eigenvalue weighted by atomic mass is 35.5. The number of nitrogens with zero attached hydrogens (tertiary/aromatic N) is 2. The Labute approximate surface area is 143 Å². The van der Waals surface area contributed by atoms with E-state index in [1.807, 2.05) is 24.3 Å². The number of benzene rings is 1. The molecular formula is C18H25ClN2O2. The van der Waals surface area contributed by atoms with Crippen LogP contribution in [0.1, 0.15) is 25.7 Å². The number of halogens is 1. The van der Waals surface area contributed by atoms with Crippen LogP contribution >= 0.6 is 11.6 Å². The van der Waals surface area contributed by atoms with Crippen LogP contribution in [-0.4, -0.2) is 55.0 Å². The van der Waals surface area contributed by atoms with Crippen LogP contribution < -0.4 is 4.74 Å². The lowest BCUT2D eigenvalue weighted by atomic mass is 10.1. The van der Waals surface area contributed by atoms with E-state index in [2.05, 4.69) is 9.80 Å². The first kappa shape index (κ1) is 16.6. The van der Waals surface area contributed by atoms with E-state index in [9.17, 15) is 4.79 Å². The van der Waals surface area contributed by atoms with Gasteiger partial charge >= 0.3 is 0 Å². The van der Waals surface area contributed by atoms with Crippen LogP contribution in [0.4, 0.5) is 0 Å². The third-order valence-corrected chi connectivity index (χ3v) is 5.20. The highest BCUT2D eigenvalue weighted by molar-refractivity contribution is 6.32. The number of ether oxygens (including phenoxy) is 1. The van der Waals surface area contributed by atoms with E-state index in [0.29, 0.717) is 23.5 Å². The Morgan fingerprint density at radius 3 is 2.52 bits per heavy atom. The van der Waals surface area contributed by atoms with E-state index in [1.54, 1.807) is 0 Å². The fraction of sp³-hybridized carbons (Fsp3) is 0.611. The summed E-state index contributed by atoms with van der Waals surface area (Å²) in [5.41, 5.74) is 0. The molecule has 0 unspecified atom stereocenters. The zero-order valence-corrected chi connectivity index (χ0v) is 14.3. The summed E-state index contributed by atoms with van der Waals surface area (Å²) in [6, 6.07) is 7.55. The molecule has 1 saturated carbocycles. The number of rotatable bonds is 5. The lowest BCUT2D eigenvalue weighted by Crippen LogP contribution is -2.50. The molecule has 0 bridgehead atoms. The maximum atomic E-state index is 12.4. The highest BCUT2D eigenvalue weighted by Gasteiger charge is 2.29. The molecule has 0 atom stereocenters. The van der Waals surface area contributed by atoms with Gasteiger partial charge in [-0.15, -0.1) is 0 Å². The zero-order valence-electron chi connectivity index (χ0n) is 13.5. The number of piperazine rings is 1. The molecular weight excluding hydrogens is 312 g/mol. The van der Waals surface area contributed by atoms with Crippen molar-refractivity contribution < 1.29 is 9.53 Å². The van der Waals surface area contributed by atoms with Gasteiger partial charge in [0.15, 0.2) is 0 Å². The summed E-state index contributed by atoms with van der Waals surface area (Å²) in [4.78, 5) is 16.8. The molecule has 2 fully saturated rings. The van der Waals surface area contributed by atoms with E-state index in [1.165, 1.54) is 12.8 Å². The minimum Gasteiger partial charge on any atom is -0.491 e. The summed E-state index contributed by atoms with van der Waals surface area (Å²) in [6.07, 6.45) is 4.61. The normalized spacial score (nSPS) is 20.0. The van der Waals surface area contributed by atoms with Crippen molar-refractivity contribution in [2.24, 2.45) is 5.92 Å². The van der Waals surface area contributed by atoms with E-state index in [0.717, 1.165) is 51.3 Å². The quantitative estimate of drug-likeness (QED) is 0.828. The SMILES string of the molecule is O=C(C1CCCC1)N1CCN(CCOc2ccccc2Cl)CC1. The fourth-order valence-electron chi connectivity index (χ4n) is 3.47. The van der Waals surface area contributed by atoms with E-state index in [-0.39, 0.29) is 0 Å². The van der Waals surface area contributed by atoms with Crippen LogP contribution in [0.25, 0.3) is 0 Å². The number of carbonyl (C=O) groups is 1. The molecule has 1 heterocycles. The van der Waals surface area contributed by atoms with Crippen LogP contribution in [0, 0.1) is 5.92 Å². The molecule has 1 aromatic carbocycles. The van der Waals surface area contributed by atoms with Gasteiger partial charge in [-0.3, -0.25) is 9.69 Å². The maximum absolute atomic E-state index is 12.4. The summed E-state index contributed by atoms with van der Waals surface area (Å²) in [6.45, 7) is 5.06. The van der Waals surface area contributed by atoms with Crippen LogP contribution in [-0.2, 0) is 4.79 Å². The van der Waals surface area contributed by atoms with E-state index < -0.39 is 0 Å². The number of carbonyl (C=O) groups excluding carboxylic acids is 1. The molecule has 1 aliphatic heterocycles. The van der Waals surface area contributed by atoms with Gasteiger partial charge < -0.3 is 9.64 Å². The second-order valence-electron chi connectivity index (χ2n) is 6.43. The molecule has 23 heavy (non-hydrogen) atoms. The maximum Gasteiger partial charge on any atom is 0.225 e. The van der Waals surface area contributed by atoms with Crippen molar-refractivity contribution in [3.05, 3.63) is 29.3 Å². The molecule has 0 radical (unpaired) electrons. The van der Waals surface area contributed by atoms with Gasteiger partial charge in [-0.05, 0) is 25.0 Å². The Balaban J connectivity index is 1.37. The molecule has 5 heteroatoms. The van der Waals surface area contributed by atoms with Gasteiger partial charge in [0.1, 0.15) is 12.4 Å². The number of hydrogen-bond donors (Lipinski definition) is 0. The molecule has 1 aromatic rings. The predicted octanol–water partition coefficient (Wildman–Crippen LogP) is 3.05. The average Bonchev–Trinajstić information content (AvgIpc) is 3.11. The second kappa shape index (κ2) is 8.02. The largest absolute Gasteiger partial charge is 0.491 e. The third kappa shape index (κ3) is 4.39. The van der Waals surface area contributed by atoms with Gasteiger partial charge in [0.25, 0.3) is 0 Å². The first-order chi connectivity index (χ1) is 11.2. The average molecular weight is 337 g/mol. The molecule has 4 nitrogen and oxygen atoms in total. The van der Waals surface area contributed by atoms with Crippen LogP contribution in [0.15, 0.2) is 24.3 Å². The fourth-order valence-corrected chi connectivity index (χ4v) is 3.66. The van der Waals surface area contributed by atoms with Gasteiger partial charge in [-0.2, -0.15) is 0 Å². The van der Waals surface area contributed by atoms with Crippen molar-refractivity contribution in [2.75, 3.05) is 39.3 Å². The first-order valence-electron chi connectivity index (χ1n) is 8.62. The van der Waals surface area contributed by atoms with Crippen LogP contribution in [0.2, 0.25) is 5.02 Å². The molecule has 1 amide bonds. The van der Waals surface area contributed by atoms with Crippen molar-refractivity contribution in [1.29, 1.82) is 0 Å². The summed E-state index contributed by atoms with van der Waals surface area (Å²) in [5.74, 6) is 1.42. The molecule has 0 N–H and O–H groups in total. The van der Waals surface area contributed by atoms with Crippen LogP contribution in [0.3, 0.4) is 0 Å². The van der Waals surface area contributed by atoms with Gasteiger partial charge in [0, 0.05) is 38.6 Å². The molecule has 1 saturated heterocycles. The second-order valence-corrected chi connectivity index (χ2v) is 6.83. The lowest BCUT2D eigenvalue weighted by molar-refractivity contribution is -0.137. The number of hydrogen-bond acceptors (Lipinski definition) is 3. The van der Waals surface area contributed by atoms with Gasteiger partial charge in [-0.1, -0.05) is 36.6 Å². The van der Waals surface area contributed by atoms with Crippen molar-refractivity contribution in [3.8, 4) is 5.75 Å². The standard InChI is InChI=1S/C18H25ClN2O2/c19-16-7-3-4-8-17(16)23-14-13-20-9-11-21(12-10-20)18(22)15-5-1-2-6-15/h3-4,7-8,15H,1-2,5-6,9-14H2. The first-order valence-corrected chi connectivity index (χ1v) is 9.00. The molecule has 1 aliphatic carbocycles. The topological polar surface area (TPSA) is 32.8 Å². The molecule has 2 aliphatic rings. The third-order valence-electron chi connectivity index (χ3n) is 4.89. The Hall–Kier alpha value is -1.26. The molecule has 0 aromatic heterocycles. The van der Waals surface area contributed by atoms with Gasteiger partial charge in [0.2, 0.25) is 5.91 Å². The minimum absolute atomic E-state index is 0.296. The Morgan fingerprint density at radius 1 is 1.13 bits per heavy atom. The van der Waals surface area contributed by atoms with Crippen LogP contribution in [0.5, 0.6) is 5.75 Å². The summed E-state index contributed by atoms with van der Waals surface area (Å²) < 4.78 is 5.74. The zero-order chi connectivity index (χ0) is 16.1. The van der Waals surface area contributed by atoms with Crippen molar-refractivity contribution in [3.63, 3.8) is 0 Å². The van der Waals surface area contributed by atoms with Gasteiger partial charge in [-0.25, -0.2) is 0 Å². The smallest absolute Gasteiger partial charge is 0.225 e. The minimum atomic E-state index is 0.296. The Kier molecular flexibility index (Phi) is 5.79. The number of amides is 1. The monoisotopic (exact) mass is 336 g/mol. The van der Waals surface area contributed by atoms with E-state index in [4.69, 9.17) is 16.3 Å². The lowest BCUT2D eigenvalue weighted by Gasteiger charge is -2.35. The predicted molar refractivity (Wildman–Crippen MR) is 91.9 cm³/mol. The molecule has 3 rings (SSSR count). The summed E-state index contributed by atoms with van der Waals surface area (Å²) in [5, 5.41) is 0.652. The highest BCUT2D eigenvalue weighted by Crippen LogP contribution is 2.27.